The van der Waals surface area contributed by atoms with Crippen LogP contribution in [-0.4, -0.2) is 82.8 Å². The zero-order valence-electron chi connectivity index (χ0n) is 17.8. The number of nitrogens with zero attached hydrogens (tertiary/aromatic N) is 2. The number of nitro groups is 1. The summed E-state index contributed by atoms with van der Waals surface area (Å²) in [6, 6.07) is 1.82. The van der Waals surface area contributed by atoms with Crippen LogP contribution in [0.5, 0.6) is 0 Å². The zero-order valence-corrected chi connectivity index (χ0v) is 21.0. The Balaban J connectivity index is 3.48. The van der Waals surface area contributed by atoms with Crippen molar-refractivity contribution in [3.8, 4) is 0 Å². The van der Waals surface area contributed by atoms with Gasteiger partial charge in [-0.2, -0.15) is 8.42 Å². The predicted octanol–water partition coefficient (Wildman–Crippen LogP) is 0.770. The standard InChI is InChI=1S/C17H24BrN3O10S2/c1-32(27,28)15-11-13(21(25)26)12(17(24)19-6-3-4-16(22)23)10-14(15)20(7-5-18)8-9-31-33(2,29)30/h10-11H,3-9H2,1-2H3,(H,19,24)(H,22,23). The topological polar surface area (TPSA) is 190 Å². The van der Waals surface area contributed by atoms with Gasteiger partial charge in [0.05, 0.1) is 28.4 Å². The zero-order chi connectivity index (χ0) is 25.4. The highest BCUT2D eigenvalue weighted by Gasteiger charge is 2.29. The average molecular weight is 574 g/mol. The Morgan fingerprint density at radius 3 is 2.33 bits per heavy atom. The lowest BCUT2D eigenvalue weighted by Crippen LogP contribution is -2.32. The number of amides is 1. The minimum Gasteiger partial charge on any atom is -0.481 e. The van der Waals surface area contributed by atoms with Crippen LogP contribution in [-0.2, 0) is 28.9 Å². The van der Waals surface area contributed by atoms with Gasteiger partial charge in [-0.3, -0.25) is 23.9 Å². The van der Waals surface area contributed by atoms with E-state index >= 15 is 0 Å². The third kappa shape index (κ3) is 9.61. The summed E-state index contributed by atoms with van der Waals surface area (Å²) in [6.45, 7) is -0.340. The van der Waals surface area contributed by atoms with Crippen molar-refractivity contribution in [1.29, 1.82) is 0 Å². The van der Waals surface area contributed by atoms with E-state index in [4.69, 9.17) is 9.29 Å². The van der Waals surface area contributed by atoms with Gasteiger partial charge in [0.1, 0.15) is 5.56 Å². The Labute approximate surface area is 199 Å². The number of alkyl halides is 1. The van der Waals surface area contributed by atoms with E-state index in [0.29, 0.717) is 5.33 Å². The number of benzene rings is 1. The van der Waals surface area contributed by atoms with Crippen LogP contribution in [0, 0.1) is 10.1 Å². The fourth-order valence-corrected chi connectivity index (χ4v) is 4.42. The number of hydrogen-bond donors (Lipinski definition) is 2. The number of halogens is 1. The molecule has 16 heteroatoms. The fourth-order valence-electron chi connectivity index (χ4n) is 2.73. The van der Waals surface area contributed by atoms with E-state index in [-0.39, 0.29) is 44.8 Å². The largest absolute Gasteiger partial charge is 0.481 e. The van der Waals surface area contributed by atoms with E-state index in [1.54, 1.807) is 0 Å². The molecule has 0 fully saturated rings. The summed E-state index contributed by atoms with van der Waals surface area (Å²) in [5.74, 6) is -1.96. The molecule has 0 aliphatic heterocycles. The number of aliphatic carboxylic acids is 1. The minimum absolute atomic E-state index is 0.0460. The van der Waals surface area contributed by atoms with Crippen molar-refractivity contribution in [2.24, 2.45) is 0 Å². The van der Waals surface area contributed by atoms with Crippen LogP contribution in [0.25, 0.3) is 0 Å². The first kappa shape index (κ1) is 28.7. The van der Waals surface area contributed by atoms with Crippen molar-refractivity contribution < 1.29 is 40.6 Å². The molecule has 1 aromatic carbocycles. The van der Waals surface area contributed by atoms with Gasteiger partial charge in [0.15, 0.2) is 9.84 Å². The third-order valence-electron chi connectivity index (χ3n) is 4.12. The number of hydrogen-bond acceptors (Lipinski definition) is 10. The second-order valence-corrected chi connectivity index (χ2v) is 11.2. The molecule has 0 bridgehead atoms. The number of carboxylic acids is 1. The molecule has 0 saturated carbocycles. The summed E-state index contributed by atoms with van der Waals surface area (Å²) in [7, 11) is -7.76. The highest BCUT2D eigenvalue weighted by atomic mass is 79.9. The first-order valence-electron chi connectivity index (χ1n) is 9.35. The summed E-state index contributed by atoms with van der Waals surface area (Å²) >= 11 is 3.21. The van der Waals surface area contributed by atoms with Crippen molar-refractivity contribution in [3.05, 3.63) is 27.8 Å². The molecule has 33 heavy (non-hydrogen) atoms. The molecule has 0 aliphatic rings. The van der Waals surface area contributed by atoms with E-state index in [9.17, 15) is 36.5 Å². The molecule has 0 spiro atoms. The number of carboxylic acid groups (broad SMARTS) is 1. The van der Waals surface area contributed by atoms with Gasteiger partial charge in [0, 0.05) is 43.7 Å². The minimum atomic E-state index is -4.00. The van der Waals surface area contributed by atoms with Crippen molar-refractivity contribution in [3.63, 3.8) is 0 Å². The summed E-state index contributed by atoms with van der Waals surface area (Å²) in [5, 5.41) is 22.9. The van der Waals surface area contributed by atoms with E-state index in [0.717, 1.165) is 24.6 Å². The Morgan fingerprint density at radius 1 is 1.21 bits per heavy atom. The third-order valence-corrected chi connectivity index (χ3v) is 6.20. The maximum Gasteiger partial charge on any atom is 0.303 e. The molecule has 0 heterocycles. The van der Waals surface area contributed by atoms with Crippen LogP contribution in [0.15, 0.2) is 17.0 Å². The molecule has 0 aromatic heterocycles. The van der Waals surface area contributed by atoms with Crippen LogP contribution < -0.4 is 10.2 Å². The molecule has 1 rings (SSSR count). The lowest BCUT2D eigenvalue weighted by molar-refractivity contribution is -0.385. The molecular weight excluding hydrogens is 550 g/mol. The molecule has 13 nitrogen and oxygen atoms in total. The van der Waals surface area contributed by atoms with Crippen LogP contribution in [0.2, 0.25) is 0 Å². The van der Waals surface area contributed by atoms with Gasteiger partial charge in [0.2, 0.25) is 0 Å². The summed E-state index contributed by atoms with van der Waals surface area (Å²) in [6.07, 6.45) is 1.56. The summed E-state index contributed by atoms with van der Waals surface area (Å²) in [5.41, 5.74) is -1.22. The van der Waals surface area contributed by atoms with E-state index < -0.39 is 52.9 Å². The van der Waals surface area contributed by atoms with Gasteiger partial charge >= 0.3 is 5.97 Å². The van der Waals surface area contributed by atoms with Crippen molar-refractivity contribution in [2.45, 2.75) is 17.7 Å². The quantitative estimate of drug-likeness (QED) is 0.105. The predicted molar refractivity (Wildman–Crippen MR) is 122 cm³/mol. The van der Waals surface area contributed by atoms with E-state index in [1.807, 2.05) is 0 Å². The molecule has 1 amide bonds. The van der Waals surface area contributed by atoms with Gasteiger partial charge in [0.25, 0.3) is 21.7 Å². The van der Waals surface area contributed by atoms with Crippen molar-refractivity contribution in [1.82, 2.24) is 5.32 Å². The molecule has 1 aromatic rings. The maximum absolute atomic E-state index is 12.6. The smallest absolute Gasteiger partial charge is 0.303 e. The molecule has 2 N–H and O–H groups in total. The highest BCUT2D eigenvalue weighted by molar-refractivity contribution is 9.09. The first-order valence-corrected chi connectivity index (χ1v) is 14.2. The SMILES string of the molecule is CS(=O)(=O)OCCN(CCBr)c1cc(C(=O)NCCCC(=O)O)c([N+](=O)[O-])cc1S(C)(=O)=O. The van der Waals surface area contributed by atoms with Gasteiger partial charge in [-0.15, -0.1) is 0 Å². The molecule has 0 saturated heterocycles. The number of nitro benzene ring substituents is 1. The molecule has 0 radical (unpaired) electrons. The maximum atomic E-state index is 12.6. The number of carbonyl (C=O) groups excluding carboxylic acids is 1. The number of nitrogens with one attached hydrogen (secondary N) is 1. The number of sulfone groups is 1. The molecular formula is C17H24BrN3O10S2. The van der Waals surface area contributed by atoms with Gasteiger partial charge < -0.3 is 15.3 Å². The number of anilines is 1. The van der Waals surface area contributed by atoms with Crippen molar-refractivity contribution in [2.75, 3.05) is 49.0 Å². The Morgan fingerprint density at radius 2 is 1.85 bits per heavy atom. The molecule has 0 aliphatic carbocycles. The molecule has 0 atom stereocenters. The lowest BCUT2D eigenvalue weighted by Gasteiger charge is -2.26. The van der Waals surface area contributed by atoms with Gasteiger partial charge in [-0.25, -0.2) is 8.42 Å². The Hall–Kier alpha value is -2.30. The van der Waals surface area contributed by atoms with Gasteiger partial charge in [-0.1, -0.05) is 15.9 Å². The van der Waals surface area contributed by atoms with Gasteiger partial charge in [-0.05, 0) is 12.5 Å². The van der Waals surface area contributed by atoms with Crippen LogP contribution >= 0.6 is 15.9 Å². The van der Waals surface area contributed by atoms with E-state index in [1.165, 1.54) is 4.90 Å². The second kappa shape index (κ2) is 12.2. The summed E-state index contributed by atoms with van der Waals surface area (Å²) < 4.78 is 52.0. The number of rotatable bonds is 14. The second-order valence-electron chi connectivity index (χ2n) is 6.82. The molecule has 0 unspecified atom stereocenters. The van der Waals surface area contributed by atoms with Crippen LogP contribution in [0.3, 0.4) is 0 Å². The summed E-state index contributed by atoms with van der Waals surface area (Å²) in [4.78, 5) is 34.9. The van der Waals surface area contributed by atoms with Crippen LogP contribution in [0.1, 0.15) is 23.2 Å². The van der Waals surface area contributed by atoms with E-state index in [2.05, 4.69) is 21.2 Å². The molecule has 186 valence electrons. The first-order chi connectivity index (χ1) is 15.2. The van der Waals surface area contributed by atoms with Crippen molar-refractivity contribution >= 4 is 59.1 Å². The average Bonchev–Trinajstić information content (AvgIpc) is 2.67. The normalized spacial score (nSPS) is 11.7. The Kier molecular flexibility index (Phi) is 10.7. The monoisotopic (exact) mass is 573 g/mol. The highest BCUT2D eigenvalue weighted by Crippen LogP contribution is 2.33. The fraction of sp³-hybridized carbons (Fsp3) is 0.529. The van der Waals surface area contributed by atoms with Crippen LogP contribution in [0.4, 0.5) is 11.4 Å². The lowest BCUT2D eigenvalue weighted by atomic mass is 10.1. The number of carbonyl (C=O) groups is 2. The Bertz CT molecular complexity index is 1110.